The van der Waals surface area contributed by atoms with Crippen LogP contribution in [0, 0.1) is 0 Å². The molecule has 2 heterocycles. The quantitative estimate of drug-likeness (QED) is 0.439. The lowest BCUT2D eigenvalue weighted by atomic mass is 9.85. The highest BCUT2D eigenvalue weighted by molar-refractivity contribution is 7.07. The molecular formula is C29H33N3O5S. The first-order valence-electron chi connectivity index (χ1n) is 12.4. The zero-order valence-corrected chi connectivity index (χ0v) is 23.2. The number of aliphatic carboxylic acids is 1. The molecule has 9 heteroatoms. The van der Waals surface area contributed by atoms with E-state index in [0.29, 0.717) is 29.1 Å². The van der Waals surface area contributed by atoms with Gasteiger partial charge < -0.3 is 19.6 Å². The molecule has 4 rings (SSSR count). The normalized spacial score (nSPS) is 17.8. The Morgan fingerprint density at radius 3 is 2.32 bits per heavy atom. The Hall–Kier alpha value is -3.72. The van der Waals surface area contributed by atoms with Crippen LogP contribution in [0.5, 0.6) is 5.75 Å². The van der Waals surface area contributed by atoms with Gasteiger partial charge in [0, 0.05) is 41.7 Å². The molecule has 0 bridgehead atoms. The van der Waals surface area contributed by atoms with E-state index in [1.165, 1.54) is 23.2 Å². The highest BCUT2D eigenvalue weighted by Gasteiger charge is 2.51. The minimum absolute atomic E-state index is 0.0386. The van der Waals surface area contributed by atoms with E-state index >= 15 is 0 Å². The lowest BCUT2D eigenvalue weighted by Crippen LogP contribution is -2.69. The van der Waals surface area contributed by atoms with Gasteiger partial charge in [-0.1, -0.05) is 26.8 Å². The zero-order chi connectivity index (χ0) is 27.7. The number of aromatic nitrogens is 1. The van der Waals surface area contributed by atoms with Crippen LogP contribution in [0.15, 0.2) is 53.4 Å². The van der Waals surface area contributed by atoms with Gasteiger partial charge in [0.1, 0.15) is 5.75 Å². The molecule has 8 nitrogen and oxygen atoms in total. The molecule has 0 saturated carbocycles. The number of piperazine rings is 1. The maximum atomic E-state index is 14.0. The molecule has 1 fully saturated rings. The summed E-state index contributed by atoms with van der Waals surface area (Å²) >= 11 is 1.39. The van der Waals surface area contributed by atoms with E-state index in [1.807, 2.05) is 28.5 Å². The lowest BCUT2D eigenvalue weighted by molar-refractivity contribution is -0.150. The van der Waals surface area contributed by atoms with Crippen molar-refractivity contribution in [3.05, 3.63) is 75.7 Å². The van der Waals surface area contributed by atoms with Crippen molar-refractivity contribution in [1.29, 1.82) is 0 Å². The van der Waals surface area contributed by atoms with Crippen LogP contribution in [0.3, 0.4) is 0 Å². The maximum absolute atomic E-state index is 14.0. The Kier molecular flexibility index (Phi) is 7.60. The van der Waals surface area contributed by atoms with Crippen molar-refractivity contribution in [2.75, 3.05) is 31.6 Å². The van der Waals surface area contributed by atoms with E-state index in [1.54, 1.807) is 36.9 Å². The van der Waals surface area contributed by atoms with Crippen LogP contribution in [0.1, 0.15) is 59.7 Å². The second kappa shape index (κ2) is 10.6. The number of nitrogens with zero attached hydrogens (tertiary/aromatic N) is 3. The molecule has 1 aliphatic rings. The fourth-order valence-corrected chi connectivity index (χ4v) is 5.53. The number of amides is 1. The summed E-state index contributed by atoms with van der Waals surface area (Å²) in [5.41, 5.74) is 3.24. The summed E-state index contributed by atoms with van der Waals surface area (Å²) < 4.78 is 5.61. The van der Waals surface area contributed by atoms with Crippen molar-refractivity contribution in [3.63, 3.8) is 0 Å². The molecule has 1 N–H and O–H groups in total. The van der Waals surface area contributed by atoms with Gasteiger partial charge in [-0.25, -0.2) is 9.78 Å². The number of carbonyl (C=O) groups excluding carboxylic acids is 2. The first-order valence-corrected chi connectivity index (χ1v) is 13.4. The Morgan fingerprint density at radius 2 is 1.76 bits per heavy atom. The summed E-state index contributed by atoms with van der Waals surface area (Å²) in [7, 11) is 1.57. The summed E-state index contributed by atoms with van der Waals surface area (Å²) in [6.07, 6.45) is 0.0663. The van der Waals surface area contributed by atoms with Gasteiger partial charge in [-0.3, -0.25) is 9.59 Å². The van der Waals surface area contributed by atoms with Crippen molar-refractivity contribution in [3.8, 4) is 5.75 Å². The fourth-order valence-electron chi connectivity index (χ4n) is 4.97. The summed E-state index contributed by atoms with van der Waals surface area (Å²) in [4.78, 5) is 46.5. The van der Waals surface area contributed by atoms with Crippen LogP contribution in [0.25, 0.3) is 0 Å². The topological polar surface area (TPSA) is 100 Å². The van der Waals surface area contributed by atoms with E-state index in [0.717, 1.165) is 11.3 Å². The Morgan fingerprint density at radius 1 is 1.08 bits per heavy atom. The van der Waals surface area contributed by atoms with Crippen molar-refractivity contribution in [1.82, 2.24) is 9.88 Å². The molecule has 3 aromatic rings. The minimum Gasteiger partial charge on any atom is -0.496 e. The van der Waals surface area contributed by atoms with Crippen molar-refractivity contribution in [2.45, 2.75) is 45.1 Å². The standard InChI is InChI=1S/C29H33N3O5S/c1-19(33)20-6-9-23(10-7-20)31-12-13-32(29(17-31,27(35)36)15-22-16-38-18-30-22)26(34)21-8-11-24(28(2,3)4)25(14-21)37-5/h6-11,14,16,18H,12-13,15,17H2,1-5H3,(H,35,36). The molecule has 1 aromatic heterocycles. The Balaban J connectivity index is 1.74. The number of carbonyl (C=O) groups is 3. The van der Waals surface area contributed by atoms with Gasteiger partial charge in [-0.05, 0) is 54.3 Å². The molecular weight excluding hydrogens is 502 g/mol. The Bertz CT molecular complexity index is 1330. The number of anilines is 1. The van der Waals surface area contributed by atoms with Crippen LogP contribution in [-0.2, 0) is 16.6 Å². The van der Waals surface area contributed by atoms with Crippen LogP contribution >= 0.6 is 11.3 Å². The van der Waals surface area contributed by atoms with Crippen molar-refractivity contribution in [2.24, 2.45) is 0 Å². The molecule has 2 aromatic carbocycles. The highest BCUT2D eigenvalue weighted by Crippen LogP contribution is 2.35. The monoisotopic (exact) mass is 535 g/mol. The van der Waals surface area contributed by atoms with Gasteiger partial charge in [0.15, 0.2) is 11.3 Å². The first-order chi connectivity index (χ1) is 18.0. The number of carboxylic acids is 1. The summed E-state index contributed by atoms with van der Waals surface area (Å²) in [6.45, 7) is 8.42. The van der Waals surface area contributed by atoms with Gasteiger partial charge in [0.2, 0.25) is 0 Å². The van der Waals surface area contributed by atoms with Gasteiger partial charge in [-0.15, -0.1) is 11.3 Å². The van der Waals surface area contributed by atoms with E-state index in [2.05, 4.69) is 25.8 Å². The van der Waals surface area contributed by atoms with Crippen molar-refractivity contribution < 1.29 is 24.2 Å². The molecule has 0 aliphatic carbocycles. The van der Waals surface area contributed by atoms with Crippen LogP contribution < -0.4 is 9.64 Å². The van der Waals surface area contributed by atoms with Crippen LogP contribution in [0.4, 0.5) is 5.69 Å². The number of rotatable bonds is 7. The third kappa shape index (κ3) is 5.29. The molecule has 1 saturated heterocycles. The summed E-state index contributed by atoms with van der Waals surface area (Å²) in [5.74, 6) is -0.911. The predicted octanol–water partition coefficient (Wildman–Crippen LogP) is 4.68. The highest BCUT2D eigenvalue weighted by atomic mass is 32.1. The molecule has 1 amide bonds. The number of thiazole rings is 1. The number of ether oxygens (including phenoxy) is 1. The van der Waals surface area contributed by atoms with E-state index < -0.39 is 11.5 Å². The lowest BCUT2D eigenvalue weighted by Gasteiger charge is -2.48. The molecule has 1 atom stereocenters. The van der Waals surface area contributed by atoms with Crippen LogP contribution in [-0.4, -0.2) is 64.9 Å². The first kappa shape index (κ1) is 27.3. The number of Topliss-reactive ketones (excluding diaryl/α,β-unsaturated/α-hetero) is 1. The molecule has 38 heavy (non-hydrogen) atoms. The number of hydrogen-bond donors (Lipinski definition) is 1. The number of hydrogen-bond acceptors (Lipinski definition) is 7. The van der Waals surface area contributed by atoms with Gasteiger partial charge in [-0.2, -0.15) is 0 Å². The molecule has 0 spiro atoms. The molecule has 1 aliphatic heterocycles. The second-order valence-corrected chi connectivity index (χ2v) is 11.4. The third-order valence-electron chi connectivity index (χ3n) is 7.06. The van der Waals surface area contributed by atoms with E-state index in [4.69, 9.17) is 4.74 Å². The fraction of sp³-hybridized carbons (Fsp3) is 0.379. The summed E-state index contributed by atoms with van der Waals surface area (Å²) in [6, 6.07) is 12.4. The minimum atomic E-state index is -1.56. The average Bonchev–Trinajstić information content (AvgIpc) is 3.40. The molecule has 1 unspecified atom stereocenters. The number of ketones is 1. The maximum Gasteiger partial charge on any atom is 0.331 e. The number of carboxylic acid groups (broad SMARTS) is 1. The largest absolute Gasteiger partial charge is 0.496 e. The number of benzene rings is 2. The summed E-state index contributed by atoms with van der Waals surface area (Å²) in [5, 5.41) is 12.5. The zero-order valence-electron chi connectivity index (χ0n) is 22.4. The van der Waals surface area contributed by atoms with Gasteiger partial charge in [0.05, 0.1) is 24.9 Å². The van der Waals surface area contributed by atoms with Crippen molar-refractivity contribution >= 4 is 34.7 Å². The third-order valence-corrected chi connectivity index (χ3v) is 7.69. The SMILES string of the molecule is COc1cc(C(=O)N2CCN(c3ccc(C(C)=O)cc3)CC2(Cc2cscn2)C(=O)O)ccc1C(C)(C)C. The van der Waals surface area contributed by atoms with Gasteiger partial charge in [0.25, 0.3) is 5.91 Å². The average molecular weight is 536 g/mol. The second-order valence-electron chi connectivity index (χ2n) is 10.6. The number of methoxy groups -OCH3 is 1. The van der Waals surface area contributed by atoms with Crippen LogP contribution in [0.2, 0.25) is 0 Å². The Labute approximate surface area is 226 Å². The molecule has 200 valence electrons. The van der Waals surface area contributed by atoms with E-state index in [-0.39, 0.29) is 36.6 Å². The molecule has 0 radical (unpaired) electrons. The smallest absolute Gasteiger partial charge is 0.331 e. The predicted molar refractivity (Wildman–Crippen MR) is 148 cm³/mol. The van der Waals surface area contributed by atoms with Gasteiger partial charge >= 0.3 is 5.97 Å². The van der Waals surface area contributed by atoms with E-state index in [9.17, 15) is 19.5 Å².